The van der Waals surface area contributed by atoms with Crippen molar-refractivity contribution in [1.29, 1.82) is 0 Å². The lowest BCUT2D eigenvalue weighted by Gasteiger charge is -2.04. The highest BCUT2D eigenvalue weighted by Crippen LogP contribution is 2.03. The third-order valence-corrected chi connectivity index (χ3v) is 1.75. The molecule has 0 spiro atoms. The Balaban J connectivity index is 2.45. The first kappa shape index (κ1) is 9.96. The Hall–Kier alpha value is -1.12. The minimum Gasteiger partial charge on any atom is -0.392 e. The molecule has 0 aromatic heterocycles. The minimum atomic E-state index is -0.505. The highest BCUT2D eigenvalue weighted by atomic mass is 16.3. The van der Waals surface area contributed by atoms with Gasteiger partial charge in [0.15, 0.2) is 0 Å². The normalized spacial score (nSPS) is 13.4. The summed E-state index contributed by atoms with van der Waals surface area (Å²) >= 11 is 0. The predicted molar refractivity (Wildman–Crippen MR) is 52.4 cm³/mol. The van der Waals surface area contributed by atoms with Crippen LogP contribution in [0, 0.1) is 0 Å². The Morgan fingerprint density at radius 2 is 1.92 bits per heavy atom. The van der Waals surface area contributed by atoms with Crippen molar-refractivity contribution in [2.24, 2.45) is 0 Å². The molecule has 1 atom stereocenters. The summed E-state index contributed by atoms with van der Waals surface area (Å²) in [6, 6.07) is 9.76. The van der Waals surface area contributed by atoms with Crippen molar-refractivity contribution >= 4 is 0 Å². The summed E-state index contributed by atoms with van der Waals surface area (Å²) in [5, 5.41) is 17.9. The van der Waals surface area contributed by atoms with E-state index in [9.17, 15) is 5.11 Å². The fourth-order valence-corrected chi connectivity index (χ4v) is 1.14. The first-order valence-electron chi connectivity index (χ1n) is 4.32. The zero-order valence-corrected chi connectivity index (χ0v) is 7.43. The van der Waals surface area contributed by atoms with E-state index >= 15 is 0 Å². The summed E-state index contributed by atoms with van der Waals surface area (Å²) in [4.78, 5) is 0. The van der Waals surface area contributed by atoms with Crippen molar-refractivity contribution in [2.75, 3.05) is 6.61 Å². The van der Waals surface area contributed by atoms with Gasteiger partial charge in [-0.1, -0.05) is 42.5 Å². The molecule has 0 aliphatic rings. The molecule has 0 unspecified atom stereocenters. The van der Waals surface area contributed by atoms with Gasteiger partial charge >= 0.3 is 0 Å². The maximum absolute atomic E-state index is 9.44. The van der Waals surface area contributed by atoms with Crippen molar-refractivity contribution in [1.82, 2.24) is 0 Å². The number of hydrogen-bond donors (Lipinski definition) is 2. The summed E-state index contributed by atoms with van der Waals surface area (Å²) in [5.74, 6) is 0. The lowest BCUT2D eigenvalue weighted by atomic mass is 10.1. The van der Waals surface area contributed by atoms with Crippen molar-refractivity contribution in [3.05, 3.63) is 48.0 Å². The van der Waals surface area contributed by atoms with Crippen LogP contribution in [0.25, 0.3) is 0 Å². The van der Waals surface area contributed by atoms with Gasteiger partial charge in [0.05, 0.1) is 12.7 Å². The molecule has 0 fully saturated rings. The minimum absolute atomic E-state index is 0.0220. The van der Waals surface area contributed by atoms with Gasteiger partial charge in [-0.15, -0.1) is 0 Å². The molecule has 1 aromatic carbocycles. The van der Waals surface area contributed by atoms with Gasteiger partial charge in [-0.25, -0.2) is 0 Å². The van der Waals surface area contributed by atoms with Gasteiger partial charge < -0.3 is 10.2 Å². The molecule has 0 amide bonds. The maximum atomic E-state index is 9.44. The standard InChI is InChI=1S/C11H14O2/c12-8-4-7-11(13)9-10-5-2-1-3-6-10/h1-7,11-13H,8-9H2/b7-4+/t11-/m1/s1. The lowest BCUT2D eigenvalue weighted by Crippen LogP contribution is -2.06. The summed E-state index contributed by atoms with van der Waals surface area (Å²) in [6.07, 6.45) is 3.24. The van der Waals surface area contributed by atoms with Crippen LogP contribution in [0.1, 0.15) is 5.56 Å². The van der Waals surface area contributed by atoms with Crippen LogP contribution >= 0.6 is 0 Å². The molecule has 0 saturated heterocycles. The molecular formula is C11H14O2. The second kappa shape index (κ2) is 5.51. The van der Waals surface area contributed by atoms with Crippen LogP contribution in [0.4, 0.5) is 0 Å². The molecule has 0 radical (unpaired) electrons. The SMILES string of the molecule is OC/C=C/[C@@H](O)Cc1ccccc1. The molecule has 13 heavy (non-hydrogen) atoms. The van der Waals surface area contributed by atoms with E-state index in [2.05, 4.69) is 0 Å². The number of aliphatic hydroxyl groups excluding tert-OH is 2. The van der Waals surface area contributed by atoms with E-state index < -0.39 is 6.10 Å². The van der Waals surface area contributed by atoms with Crippen molar-refractivity contribution in [3.63, 3.8) is 0 Å². The van der Waals surface area contributed by atoms with Crippen LogP contribution in [0.2, 0.25) is 0 Å². The second-order valence-electron chi connectivity index (χ2n) is 2.87. The molecule has 1 aromatic rings. The van der Waals surface area contributed by atoms with E-state index in [4.69, 9.17) is 5.11 Å². The van der Waals surface area contributed by atoms with E-state index in [1.54, 1.807) is 12.2 Å². The molecule has 2 nitrogen and oxygen atoms in total. The number of rotatable bonds is 4. The van der Waals surface area contributed by atoms with E-state index in [-0.39, 0.29) is 6.61 Å². The Bertz CT molecular complexity index is 254. The van der Waals surface area contributed by atoms with E-state index in [1.165, 1.54) is 0 Å². The lowest BCUT2D eigenvalue weighted by molar-refractivity contribution is 0.222. The van der Waals surface area contributed by atoms with Crippen molar-refractivity contribution < 1.29 is 10.2 Å². The van der Waals surface area contributed by atoms with Crippen LogP contribution in [0.3, 0.4) is 0 Å². The molecule has 70 valence electrons. The zero-order chi connectivity index (χ0) is 9.52. The third-order valence-electron chi connectivity index (χ3n) is 1.75. The van der Waals surface area contributed by atoms with E-state index in [0.717, 1.165) is 5.56 Å². The topological polar surface area (TPSA) is 40.5 Å². The van der Waals surface area contributed by atoms with Crippen LogP contribution < -0.4 is 0 Å². The highest BCUT2D eigenvalue weighted by Gasteiger charge is 1.99. The summed E-state index contributed by atoms with van der Waals surface area (Å²) in [5.41, 5.74) is 1.09. The van der Waals surface area contributed by atoms with Gasteiger partial charge in [0.25, 0.3) is 0 Å². The van der Waals surface area contributed by atoms with Gasteiger partial charge in [-0.2, -0.15) is 0 Å². The third kappa shape index (κ3) is 3.87. The fraction of sp³-hybridized carbons (Fsp3) is 0.273. The monoisotopic (exact) mass is 178 g/mol. The van der Waals surface area contributed by atoms with Crippen molar-refractivity contribution in [3.8, 4) is 0 Å². The number of aliphatic hydroxyl groups is 2. The van der Waals surface area contributed by atoms with Crippen LogP contribution in [0.15, 0.2) is 42.5 Å². The zero-order valence-electron chi connectivity index (χ0n) is 7.43. The molecule has 0 saturated carbocycles. The largest absolute Gasteiger partial charge is 0.392 e. The van der Waals surface area contributed by atoms with E-state index in [1.807, 2.05) is 30.3 Å². The molecule has 2 heteroatoms. The Morgan fingerprint density at radius 3 is 2.54 bits per heavy atom. The Kier molecular flexibility index (Phi) is 4.23. The molecular weight excluding hydrogens is 164 g/mol. The molecule has 0 heterocycles. The second-order valence-corrected chi connectivity index (χ2v) is 2.87. The van der Waals surface area contributed by atoms with Gasteiger partial charge in [0, 0.05) is 6.42 Å². The smallest absolute Gasteiger partial charge is 0.0762 e. The van der Waals surface area contributed by atoms with Gasteiger partial charge in [0.1, 0.15) is 0 Å². The van der Waals surface area contributed by atoms with Gasteiger partial charge in [-0.05, 0) is 5.56 Å². The predicted octanol–water partition coefficient (Wildman–Crippen LogP) is 1.14. The maximum Gasteiger partial charge on any atom is 0.0762 e. The highest BCUT2D eigenvalue weighted by molar-refractivity contribution is 5.16. The fourth-order valence-electron chi connectivity index (χ4n) is 1.14. The number of hydrogen-bond acceptors (Lipinski definition) is 2. The van der Waals surface area contributed by atoms with Crippen LogP contribution in [-0.4, -0.2) is 22.9 Å². The van der Waals surface area contributed by atoms with Crippen LogP contribution in [0.5, 0.6) is 0 Å². The first-order chi connectivity index (χ1) is 6.33. The summed E-state index contributed by atoms with van der Waals surface area (Å²) < 4.78 is 0. The Labute approximate surface area is 78.2 Å². The molecule has 0 aliphatic carbocycles. The molecule has 0 aliphatic heterocycles. The van der Waals surface area contributed by atoms with Gasteiger partial charge in [0.2, 0.25) is 0 Å². The quantitative estimate of drug-likeness (QED) is 0.679. The first-order valence-corrected chi connectivity index (χ1v) is 4.32. The van der Waals surface area contributed by atoms with E-state index in [0.29, 0.717) is 6.42 Å². The van der Waals surface area contributed by atoms with Crippen LogP contribution in [-0.2, 0) is 6.42 Å². The Morgan fingerprint density at radius 1 is 1.23 bits per heavy atom. The molecule has 1 rings (SSSR count). The summed E-state index contributed by atoms with van der Waals surface area (Å²) in [6.45, 7) is -0.0220. The molecule has 2 N–H and O–H groups in total. The molecule has 0 bridgehead atoms. The van der Waals surface area contributed by atoms with Crippen molar-refractivity contribution in [2.45, 2.75) is 12.5 Å². The van der Waals surface area contributed by atoms with Gasteiger partial charge in [-0.3, -0.25) is 0 Å². The average molecular weight is 178 g/mol. The summed E-state index contributed by atoms with van der Waals surface area (Å²) in [7, 11) is 0. The number of benzene rings is 1. The average Bonchev–Trinajstić information content (AvgIpc) is 2.16.